The molecule has 0 aliphatic carbocycles. The summed E-state index contributed by atoms with van der Waals surface area (Å²) < 4.78 is 18.5. The van der Waals surface area contributed by atoms with Crippen LogP contribution in [0, 0.1) is 0 Å². The van der Waals surface area contributed by atoms with Gasteiger partial charge in [0.15, 0.2) is 0 Å². The molecule has 1 aromatic rings. The number of hydrogen-bond donors (Lipinski definition) is 1. The molecule has 0 amide bonds. The largest absolute Gasteiger partial charge is 0.499 e. The summed E-state index contributed by atoms with van der Waals surface area (Å²) in [5.74, 6) is 0.869. The van der Waals surface area contributed by atoms with Crippen LogP contribution in [0.15, 0.2) is 16.6 Å². The average molecular weight is 299 g/mol. The molecule has 2 atom stereocenters. The van der Waals surface area contributed by atoms with E-state index in [1.165, 1.54) is 0 Å². The lowest BCUT2D eigenvalue weighted by atomic mass is 9.77. The van der Waals surface area contributed by atoms with E-state index >= 15 is 0 Å². The summed E-state index contributed by atoms with van der Waals surface area (Å²) in [6.45, 7) is 3.23. The van der Waals surface area contributed by atoms with Gasteiger partial charge in [0.1, 0.15) is 25.0 Å². The second-order valence-electron chi connectivity index (χ2n) is 4.38. The normalized spacial score (nSPS) is 26.4. The zero-order valence-electron chi connectivity index (χ0n) is 9.61. The van der Waals surface area contributed by atoms with Crippen LogP contribution in [0.2, 0.25) is 0 Å². The van der Waals surface area contributed by atoms with Crippen LogP contribution in [0.25, 0.3) is 0 Å². The van der Waals surface area contributed by atoms with Crippen LogP contribution in [-0.2, 0) is 9.31 Å². The second kappa shape index (κ2) is 4.28. The van der Waals surface area contributed by atoms with Crippen molar-refractivity contribution in [2.45, 2.75) is 19.1 Å². The van der Waals surface area contributed by atoms with Crippen molar-refractivity contribution in [3.8, 4) is 5.75 Å². The predicted molar refractivity (Wildman–Crippen MR) is 67.2 cm³/mol. The first-order valence-corrected chi connectivity index (χ1v) is 6.55. The maximum Gasteiger partial charge on any atom is 0.499 e. The van der Waals surface area contributed by atoms with Crippen molar-refractivity contribution in [3.63, 3.8) is 0 Å². The van der Waals surface area contributed by atoms with Crippen molar-refractivity contribution in [3.05, 3.63) is 22.2 Å². The molecule has 2 aliphatic heterocycles. The predicted octanol–water partition coefficient (Wildman–Crippen LogP) is 0.255. The topological polar surface area (TPSA) is 55.3 Å². The third-order valence-electron chi connectivity index (χ3n) is 3.13. The first-order valence-electron chi connectivity index (χ1n) is 5.76. The SMILES string of the molecule is CC1COc2ccc(Br)c3c2B(O1)OC3C[NH3+]. The van der Waals surface area contributed by atoms with Crippen molar-refractivity contribution in [1.82, 2.24) is 0 Å². The van der Waals surface area contributed by atoms with Crippen LogP contribution in [0.5, 0.6) is 5.75 Å². The third kappa shape index (κ3) is 1.79. The van der Waals surface area contributed by atoms with E-state index in [-0.39, 0.29) is 19.3 Å². The van der Waals surface area contributed by atoms with Crippen molar-refractivity contribution < 1.29 is 19.8 Å². The van der Waals surface area contributed by atoms with Crippen molar-refractivity contribution >= 4 is 28.5 Å². The Morgan fingerprint density at radius 3 is 3.06 bits per heavy atom. The molecule has 3 rings (SSSR count). The minimum atomic E-state index is -0.318. The fraction of sp³-hybridized carbons (Fsp3) is 0.455. The fourth-order valence-electron chi connectivity index (χ4n) is 2.34. The van der Waals surface area contributed by atoms with Gasteiger partial charge < -0.3 is 19.8 Å². The zero-order chi connectivity index (χ0) is 12.0. The summed E-state index contributed by atoms with van der Waals surface area (Å²) in [4.78, 5) is 0. The number of ether oxygens (including phenoxy) is 1. The highest BCUT2D eigenvalue weighted by Gasteiger charge is 2.44. The highest BCUT2D eigenvalue weighted by atomic mass is 79.9. The van der Waals surface area contributed by atoms with E-state index in [1.54, 1.807) is 0 Å². The Labute approximate surface area is 109 Å². The van der Waals surface area contributed by atoms with Gasteiger partial charge in [0.2, 0.25) is 0 Å². The summed E-state index contributed by atoms with van der Waals surface area (Å²) in [7, 11) is -0.318. The van der Waals surface area contributed by atoms with Crippen LogP contribution in [0.4, 0.5) is 0 Å². The minimum Gasteiger partial charge on any atom is -0.491 e. The summed E-state index contributed by atoms with van der Waals surface area (Å²) in [6.07, 6.45) is 0.0146. The molecular weight excluding hydrogens is 285 g/mol. The number of hydrogen-bond acceptors (Lipinski definition) is 3. The van der Waals surface area contributed by atoms with E-state index in [9.17, 15) is 0 Å². The molecule has 17 heavy (non-hydrogen) atoms. The van der Waals surface area contributed by atoms with Gasteiger partial charge in [0, 0.05) is 15.5 Å². The van der Waals surface area contributed by atoms with E-state index in [0.29, 0.717) is 13.2 Å². The first-order chi connectivity index (χ1) is 8.20. The van der Waals surface area contributed by atoms with E-state index < -0.39 is 0 Å². The van der Waals surface area contributed by atoms with Crippen LogP contribution in [-0.4, -0.2) is 26.4 Å². The Morgan fingerprint density at radius 1 is 1.47 bits per heavy atom. The summed E-state index contributed by atoms with van der Waals surface area (Å²) >= 11 is 3.57. The maximum absolute atomic E-state index is 5.90. The Hall–Kier alpha value is -0.555. The van der Waals surface area contributed by atoms with Crippen molar-refractivity contribution in [2.24, 2.45) is 0 Å². The second-order valence-corrected chi connectivity index (χ2v) is 5.23. The van der Waals surface area contributed by atoms with E-state index in [0.717, 1.165) is 21.2 Å². The number of rotatable bonds is 1. The van der Waals surface area contributed by atoms with Gasteiger partial charge >= 0.3 is 7.12 Å². The van der Waals surface area contributed by atoms with Crippen LogP contribution in [0.1, 0.15) is 18.6 Å². The van der Waals surface area contributed by atoms with Gasteiger partial charge in [-0.3, -0.25) is 0 Å². The Balaban J connectivity index is 2.14. The molecule has 0 aromatic heterocycles. The summed E-state index contributed by atoms with van der Waals surface area (Å²) in [6, 6.07) is 3.96. The molecule has 4 nitrogen and oxygen atoms in total. The molecule has 0 spiro atoms. The highest BCUT2D eigenvalue weighted by Crippen LogP contribution is 2.35. The molecule has 6 heteroatoms. The number of benzene rings is 1. The van der Waals surface area contributed by atoms with Crippen LogP contribution in [0.3, 0.4) is 0 Å². The standard InChI is InChI=1S/C11H13BBrNO3/c1-6-5-15-8-3-2-7(13)10-9(4-14)17-12(16-6)11(8)10/h2-3,6,9H,4-5,14H2,1H3/p+1. The zero-order valence-corrected chi connectivity index (χ0v) is 11.2. The fourth-order valence-corrected chi connectivity index (χ4v) is 2.94. The minimum absolute atomic E-state index is 0.0155. The quantitative estimate of drug-likeness (QED) is 0.757. The molecule has 90 valence electrons. The molecule has 0 radical (unpaired) electrons. The average Bonchev–Trinajstić information content (AvgIpc) is 2.60. The summed E-state index contributed by atoms with van der Waals surface area (Å²) in [5.41, 5.74) is 6.07. The molecule has 2 aliphatic rings. The molecule has 1 aromatic carbocycles. The van der Waals surface area contributed by atoms with Gasteiger partial charge in [0.05, 0.1) is 6.10 Å². The highest BCUT2D eigenvalue weighted by molar-refractivity contribution is 9.10. The van der Waals surface area contributed by atoms with Crippen LogP contribution >= 0.6 is 15.9 Å². The molecule has 3 N–H and O–H groups in total. The maximum atomic E-state index is 5.90. The third-order valence-corrected chi connectivity index (χ3v) is 3.82. The van der Waals surface area contributed by atoms with E-state index in [1.807, 2.05) is 19.1 Å². The van der Waals surface area contributed by atoms with Crippen LogP contribution < -0.4 is 15.9 Å². The van der Waals surface area contributed by atoms with Gasteiger partial charge in [-0.1, -0.05) is 15.9 Å². The molecule has 0 fully saturated rings. The molecule has 2 heterocycles. The number of halogens is 1. The van der Waals surface area contributed by atoms with E-state index in [2.05, 4.69) is 21.7 Å². The Morgan fingerprint density at radius 2 is 2.29 bits per heavy atom. The number of quaternary nitrogens is 1. The van der Waals surface area contributed by atoms with Gasteiger partial charge in [-0.05, 0) is 19.1 Å². The van der Waals surface area contributed by atoms with Gasteiger partial charge in [-0.25, -0.2) is 0 Å². The van der Waals surface area contributed by atoms with E-state index in [4.69, 9.17) is 14.0 Å². The van der Waals surface area contributed by atoms with Crippen molar-refractivity contribution in [2.75, 3.05) is 13.2 Å². The van der Waals surface area contributed by atoms with Crippen molar-refractivity contribution in [1.29, 1.82) is 0 Å². The monoisotopic (exact) mass is 298 g/mol. The van der Waals surface area contributed by atoms with Gasteiger partial charge in [-0.2, -0.15) is 0 Å². The molecular formula is C11H14BBrNO3+. The molecule has 0 bridgehead atoms. The molecule has 0 saturated carbocycles. The summed E-state index contributed by atoms with van der Waals surface area (Å²) in [5, 5.41) is 0. The Bertz CT molecular complexity index is 457. The lowest BCUT2D eigenvalue weighted by Gasteiger charge is -2.14. The van der Waals surface area contributed by atoms with Gasteiger partial charge in [0.25, 0.3) is 0 Å². The smallest absolute Gasteiger partial charge is 0.491 e. The lowest BCUT2D eigenvalue weighted by Crippen LogP contribution is -2.53. The van der Waals surface area contributed by atoms with Gasteiger partial charge in [-0.15, -0.1) is 0 Å². The first kappa shape index (κ1) is 11.5. The lowest BCUT2D eigenvalue weighted by molar-refractivity contribution is -0.383. The molecule has 0 saturated heterocycles. The molecule has 2 unspecified atom stereocenters. The Kier molecular flexibility index (Phi) is 2.90.